The lowest BCUT2D eigenvalue weighted by Gasteiger charge is -2.29. The van der Waals surface area contributed by atoms with Crippen molar-refractivity contribution in [1.82, 2.24) is 4.98 Å². The number of hydrogen-bond acceptors (Lipinski definition) is 4. The van der Waals surface area contributed by atoms with E-state index < -0.39 is 21.0 Å². The predicted molar refractivity (Wildman–Crippen MR) is 80.4 cm³/mol. The van der Waals surface area contributed by atoms with Gasteiger partial charge in [0.2, 0.25) is 5.91 Å². The number of aromatic nitrogens is 1. The van der Waals surface area contributed by atoms with Gasteiger partial charge in [-0.1, -0.05) is 6.92 Å². The lowest BCUT2D eigenvalue weighted by atomic mass is 10.2. The molecule has 1 rings (SSSR count). The summed E-state index contributed by atoms with van der Waals surface area (Å²) in [6, 6.07) is 3.35. The van der Waals surface area contributed by atoms with Crippen molar-refractivity contribution in [1.29, 1.82) is 0 Å². The van der Waals surface area contributed by atoms with Gasteiger partial charge in [0.15, 0.2) is 9.84 Å². The molecule has 1 amide bonds. The van der Waals surface area contributed by atoms with E-state index >= 15 is 0 Å². The number of nitrogens with zero attached hydrogens (tertiary/aromatic N) is 2. The zero-order chi connectivity index (χ0) is 15.3. The molecule has 0 aromatic carbocycles. The highest BCUT2D eigenvalue weighted by Gasteiger charge is 2.32. The van der Waals surface area contributed by atoms with Crippen LogP contribution in [0.15, 0.2) is 24.5 Å². The number of carbonyl (C=O) groups excluding carboxylic acids is 1. The van der Waals surface area contributed by atoms with Crippen molar-refractivity contribution >= 4 is 21.4 Å². The molecule has 112 valence electrons. The monoisotopic (exact) mass is 298 g/mol. The Morgan fingerprint density at radius 1 is 1.35 bits per heavy atom. The molecule has 6 heteroatoms. The third kappa shape index (κ3) is 3.79. The van der Waals surface area contributed by atoms with Crippen LogP contribution >= 0.6 is 0 Å². The Labute approximate surface area is 120 Å². The number of amides is 1. The molecule has 0 aliphatic heterocycles. The highest BCUT2D eigenvalue weighted by atomic mass is 32.2. The molecule has 1 atom stereocenters. The lowest BCUT2D eigenvalue weighted by molar-refractivity contribution is -0.118. The molecule has 0 N–H and O–H groups in total. The van der Waals surface area contributed by atoms with Crippen molar-refractivity contribution in [2.75, 3.05) is 10.7 Å². The molecule has 0 fully saturated rings. The molecule has 5 nitrogen and oxygen atoms in total. The Morgan fingerprint density at radius 3 is 2.45 bits per heavy atom. The minimum absolute atomic E-state index is 0.0267. The summed E-state index contributed by atoms with van der Waals surface area (Å²) >= 11 is 0. The van der Waals surface area contributed by atoms with Crippen LogP contribution in [-0.2, 0) is 14.6 Å². The maximum Gasteiger partial charge on any atom is 0.245 e. The topological polar surface area (TPSA) is 67.3 Å². The summed E-state index contributed by atoms with van der Waals surface area (Å²) in [6.45, 7) is 6.95. The normalized spacial score (nSPS) is 13.2. The van der Waals surface area contributed by atoms with Crippen LogP contribution in [0, 0.1) is 0 Å². The van der Waals surface area contributed by atoms with Crippen molar-refractivity contribution < 1.29 is 13.2 Å². The minimum Gasteiger partial charge on any atom is -0.307 e. The minimum atomic E-state index is -3.41. The first-order valence-corrected chi connectivity index (χ1v) is 8.47. The molecule has 20 heavy (non-hydrogen) atoms. The van der Waals surface area contributed by atoms with Crippen molar-refractivity contribution in [3.63, 3.8) is 0 Å². The van der Waals surface area contributed by atoms with Gasteiger partial charge in [0.1, 0.15) is 5.25 Å². The van der Waals surface area contributed by atoms with Gasteiger partial charge in [0, 0.05) is 12.2 Å². The Hall–Kier alpha value is -1.43. The van der Waals surface area contributed by atoms with Gasteiger partial charge in [-0.15, -0.1) is 0 Å². The summed E-state index contributed by atoms with van der Waals surface area (Å²) in [4.78, 5) is 18.0. The van der Waals surface area contributed by atoms with Crippen LogP contribution in [0.25, 0.3) is 0 Å². The van der Waals surface area contributed by atoms with E-state index in [0.29, 0.717) is 12.1 Å². The van der Waals surface area contributed by atoms with Crippen LogP contribution in [0.5, 0.6) is 0 Å². The highest BCUT2D eigenvalue weighted by molar-refractivity contribution is 7.92. The van der Waals surface area contributed by atoms with E-state index in [1.807, 2.05) is 13.8 Å². The van der Waals surface area contributed by atoms with E-state index in [-0.39, 0.29) is 11.8 Å². The summed E-state index contributed by atoms with van der Waals surface area (Å²) in [7, 11) is -3.41. The Morgan fingerprint density at radius 2 is 2.00 bits per heavy atom. The van der Waals surface area contributed by atoms with Crippen LogP contribution in [0.2, 0.25) is 0 Å². The third-order valence-corrected chi connectivity index (χ3v) is 5.31. The van der Waals surface area contributed by atoms with Gasteiger partial charge in [-0.3, -0.25) is 9.78 Å². The summed E-state index contributed by atoms with van der Waals surface area (Å²) < 4.78 is 24.1. The number of hydrogen-bond donors (Lipinski definition) is 0. The van der Waals surface area contributed by atoms with Crippen molar-refractivity contribution in [2.45, 2.75) is 45.4 Å². The van der Waals surface area contributed by atoms with Crippen molar-refractivity contribution in [2.24, 2.45) is 0 Å². The molecule has 1 aromatic heterocycles. The first-order valence-electron chi connectivity index (χ1n) is 6.76. The van der Waals surface area contributed by atoms with Crippen molar-refractivity contribution in [3.8, 4) is 0 Å². The SMILES string of the molecule is CCCS(=O)(=O)[C@H](C)C(=O)N(c1cccnc1)C(C)C. The fraction of sp³-hybridized carbons (Fsp3) is 0.571. The highest BCUT2D eigenvalue weighted by Crippen LogP contribution is 2.19. The summed E-state index contributed by atoms with van der Waals surface area (Å²) in [5.41, 5.74) is 0.617. The van der Waals surface area contributed by atoms with Gasteiger partial charge in [-0.2, -0.15) is 0 Å². The van der Waals surface area contributed by atoms with Gasteiger partial charge in [-0.05, 0) is 39.3 Å². The second kappa shape index (κ2) is 6.83. The van der Waals surface area contributed by atoms with Crippen LogP contribution in [-0.4, -0.2) is 36.4 Å². The third-order valence-electron chi connectivity index (χ3n) is 3.05. The van der Waals surface area contributed by atoms with E-state index in [9.17, 15) is 13.2 Å². The molecule has 1 aromatic rings. The predicted octanol–water partition coefficient (Wildman–Crippen LogP) is 2.04. The Balaban J connectivity index is 3.08. The second-order valence-electron chi connectivity index (χ2n) is 5.02. The number of carbonyl (C=O) groups is 1. The lowest BCUT2D eigenvalue weighted by Crippen LogP contribution is -2.46. The van der Waals surface area contributed by atoms with Gasteiger partial charge in [-0.25, -0.2) is 8.42 Å². The Kier molecular flexibility index (Phi) is 5.68. The van der Waals surface area contributed by atoms with Gasteiger partial charge in [0.25, 0.3) is 0 Å². The maximum atomic E-state index is 12.5. The van der Waals surface area contributed by atoms with Crippen LogP contribution in [0.1, 0.15) is 34.1 Å². The molecular formula is C14H22N2O3S. The number of sulfone groups is 1. The van der Waals surface area contributed by atoms with E-state index in [1.165, 1.54) is 11.8 Å². The quantitative estimate of drug-likeness (QED) is 0.806. The average molecular weight is 298 g/mol. The standard InChI is InChI=1S/C14H22N2O3S/c1-5-9-20(18,19)12(4)14(17)16(11(2)3)13-7-6-8-15-10-13/h6-8,10-12H,5,9H2,1-4H3/t12-/m1/s1. The molecule has 0 radical (unpaired) electrons. The van der Waals surface area contributed by atoms with Gasteiger partial charge >= 0.3 is 0 Å². The number of anilines is 1. The van der Waals surface area contributed by atoms with E-state index in [4.69, 9.17) is 0 Å². The molecular weight excluding hydrogens is 276 g/mol. The molecule has 0 spiro atoms. The summed E-state index contributed by atoms with van der Waals surface area (Å²) in [6.07, 6.45) is 3.69. The zero-order valence-electron chi connectivity index (χ0n) is 12.4. The maximum absolute atomic E-state index is 12.5. The van der Waals surface area contributed by atoms with E-state index in [2.05, 4.69) is 4.98 Å². The largest absolute Gasteiger partial charge is 0.307 e. The average Bonchev–Trinajstić information content (AvgIpc) is 2.38. The van der Waals surface area contributed by atoms with Crippen molar-refractivity contribution in [3.05, 3.63) is 24.5 Å². The van der Waals surface area contributed by atoms with Gasteiger partial charge in [0.05, 0.1) is 17.6 Å². The molecule has 0 unspecified atom stereocenters. The summed E-state index contributed by atoms with van der Waals surface area (Å²) in [5.74, 6) is -0.375. The first-order chi connectivity index (χ1) is 9.31. The molecule has 0 aliphatic rings. The fourth-order valence-corrected chi connectivity index (χ4v) is 3.33. The second-order valence-corrected chi connectivity index (χ2v) is 7.46. The van der Waals surface area contributed by atoms with Crippen LogP contribution in [0.4, 0.5) is 5.69 Å². The molecule has 0 saturated heterocycles. The zero-order valence-corrected chi connectivity index (χ0v) is 13.2. The van der Waals surface area contributed by atoms with Crippen LogP contribution < -0.4 is 4.90 Å². The van der Waals surface area contributed by atoms with Gasteiger partial charge < -0.3 is 4.90 Å². The number of rotatable bonds is 6. The molecule has 0 aliphatic carbocycles. The fourth-order valence-electron chi connectivity index (χ4n) is 1.99. The Bertz CT molecular complexity index is 541. The summed E-state index contributed by atoms with van der Waals surface area (Å²) in [5, 5.41) is -1.04. The smallest absolute Gasteiger partial charge is 0.245 e. The van der Waals surface area contributed by atoms with E-state index in [0.717, 1.165) is 0 Å². The first kappa shape index (κ1) is 16.6. The molecule has 1 heterocycles. The molecule has 0 bridgehead atoms. The van der Waals surface area contributed by atoms with Crippen LogP contribution in [0.3, 0.4) is 0 Å². The van der Waals surface area contributed by atoms with E-state index in [1.54, 1.807) is 31.5 Å². The number of pyridine rings is 1. The molecule has 0 saturated carbocycles.